The highest BCUT2D eigenvalue weighted by Gasteiger charge is 2.47. The molecular formula is C49H42N4. The fourth-order valence-electron chi connectivity index (χ4n) is 9.12. The van der Waals surface area contributed by atoms with Crippen LogP contribution >= 0.6 is 0 Å². The number of rotatable bonds is 5. The second kappa shape index (κ2) is 12.6. The van der Waals surface area contributed by atoms with E-state index in [0.29, 0.717) is 5.56 Å². The predicted octanol–water partition coefficient (Wildman–Crippen LogP) is 11.3. The Morgan fingerprint density at radius 1 is 0.604 bits per heavy atom. The SMILES string of the molecule is [2H]c1c([2H])c([2H])c(-c2cnc(N3CCCc4ccc(C5(c6ccc7c(c6)N(c6cc(C)ccn6)CCC7)c6ccccc6-c6ccccc65)cc43)cc2C)c([2H])c1[2H]. The maximum absolute atomic E-state index is 8.61. The molecule has 0 amide bonds. The van der Waals surface area contributed by atoms with Crippen molar-refractivity contribution in [2.45, 2.75) is 44.9 Å². The van der Waals surface area contributed by atoms with Gasteiger partial charge in [-0.3, -0.25) is 0 Å². The fraction of sp³-hybridized carbons (Fsp3) is 0.184. The molecule has 0 atom stereocenters. The molecule has 10 rings (SSSR count). The van der Waals surface area contributed by atoms with Gasteiger partial charge in [-0.15, -0.1) is 0 Å². The van der Waals surface area contributed by atoms with Crippen molar-refractivity contribution in [2.75, 3.05) is 22.9 Å². The molecule has 0 spiro atoms. The van der Waals surface area contributed by atoms with E-state index < -0.39 is 11.5 Å². The summed E-state index contributed by atoms with van der Waals surface area (Å²) in [5, 5.41) is 0. The van der Waals surface area contributed by atoms with Gasteiger partial charge in [0.25, 0.3) is 0 Å². The number of anilines is 4. The lowest BCUT2D eigenvalue weighted by atomic mass is 9.67. The fourth-order valence-corrected chi connectivity index (χ4v) is 9.12. The summed E-state index contributed by atoms with van der Waals surface area (Å²) in [6.07, 6.45) is 7.57. The third kappa shape index (κ3) is 5.03. The summed E-state index contributed by atoms with van der Waals surface area (Å²) in [5.74, 6) is 1.74. The molecule has 1 aliphatic carbocycles. The van der Waals surface area contributed by atoms with Crippen LogP contribution in [-0.4, -0.2) is 23.1 Å². The zero-order valence-electron chi connectivity index (χ0n) is 35.0. The van der Waals surface area contributed by atoms with E-state index in [4.69, 9.17) is 16.8 Å². The van der Waals surface area contributed by atoms with Crippen molar-refractivity contribution in [2.24, 2.45) is 0 Å². The molecule has 0 unspecified atom stereocenters. The summed E-state index contributed by atoms with van der Waals surface area (Å²) >= 11 is 0. The Labute approximate surface area is 319 Å². The number of benzene rings is 5. The lowest BCUT2D eigenvalue weighted by Gasteiger charge is -2.38. The number of hydrogen-bond donors (Lipinski definition) is 0. The largest absolute Gasteiger partial charge is 0.326 e. The molecule has 53 heavy (non-hydrogen) atoms. The minimum Gasteiger partial charge on any atom is -0.326 e. The molecule has 0 fully saturated rings. The Balaban J connectivity index is 1.16. The molecule has 258 valence electrons. The maximum atomic E-state index is 8.61. The molecule has 0 N–H and O–H groups in total. The van der Waals surface area contributed by atoms with Crippen LogP contribution in [0.3, 0.4) is 0 Å². The van der Waals surface area contributed by atoms with Gasteiger partial charge < -0.3 is 9.80 Å². The third-order valence-corrected chi connectivity index (χ3v) is 11.5. The number of aromatic nitrogens is 2. The van der Waals surface area contributed by atoms with Gasteiger partial charge >= 0.3 is 0 Å². The summed E-state index contributed by atoms with van der Waals surface area (Å²) in [6, 6.07) is 36.5. The number of aryl methyl sites for hydroxylation is 4. The summed E-state index contributed by atoms with van der Waals surface area (Å²) in [7, 11) is 0. The van der Waals surface area contributed by atoms with E-state index in [-0.39, 0.29) is 29.7 Å². The van der Waals surface area contributed by atoms with Crippen molar-refractivity contribution in [1.29, 1.82) is 0 Å². The van der Waals surface area contributed by atoms with E-state index in [9.17, 15) is 0 Å². The second-order valence-electron chi connectivity index (χ2n) is 14.6. The van der Waals surface area contributed by atoms with Gasteiger partial charge in [0.2, 0.25) is 0 Å². The molecule has 5 aromatic carbocycles. The Kier molecular flexibility index (Phi) is 6.35. The number of hydrogen-bond acceptors (Lipinski definition) is 4. The Bertz CT molecular complexity index is 2740. The first-order valence-electron chi connectivity index (χ1n) is 21.1. The van der Waals surface area contributed by atoms with Crippen LogP contribution in [0.15, 0.2) is 146 Å². The summed E-state index contributed by atoms with van der Waals surface area (Å²) in [4.78, 5) is 14.5. The van der Waals surface area contributed by atoms with Crippen molar-refractivity contribution >= 4 is 23.0 Å². The molecule has 0 saturated carbocycles. The molecule has 7 aromatic rings. The molecule has 4 heterocycles. The quantitative estimate of drug-likeness (QED) is 0.180. The van der Waals surface area contributed by atoms with Crippen LogP contribution in [0.5, 0.6) is 0 Å². The first kappa shape index (κ1) is 26.7. The normalized spacial score (nSPS) is 16.7. The van der Waals surface area contributed by atoms with Crippen molar-refractivity contribution in [3.63, 3.8) is 0 Å². The highest BCUT2D eigenvalue weighted by Crippen LogP contribution is 2.57. The number of fused-ring (bicyclic) bond motifs is 5. The van der Waals surface area contributed by atoms with Gasteiger partial charge in [0.1, 0.15) is 11.6 Å². The van der Waals surface area contributed by atoms with Crippen molar-refractivity contribution in [3.8, 4) is 22.3 Å². The van der Waals surface area contributed by atoms with Gasteiger partial charge in [0, 0.05) is 42.4 Å². The molecule has 0 saturated heterocycles. The van der Waals surface area contributed by atoms with E-state index in [1.165, 1.54) is 55.8 Å². The molecule has 2 aromatic heterocycles. The van der Waals surface area contributed by atoms with Gasteiger partial charge in [0.05, 0.1) is 12.3 Å². The number of pyridine rings is 2. The van der Waals surface area contributed by atoms with Gasteiger partial charge in [0.15, 0.2) is 0 Å². The highest BCUT2D eigenvalue weighted by atomic mass is 15.2. The van der Waals surface area contributed by atoms with E-state index in [2.05, 4.69) is 114 Å². The second-order valence-corrected chi connectivity index (χ2v) is 14.6. The van der Waals surface area contributed by atoms with Crippen LogP contribution < -0.4 is 9.80 Å². The summed E-state index contributed by atoms with van der Waals surface area (Å²) < 4.78 is 41.8. The molecule has 2 aliphatic heterocycles. The molecule has 4 nitrogen and oxygen atoms in total. The van der Waals surface area contributed by atoms with Crippen LogP contribution in [-0.2, 0) is 18.3 Å². The zero-order chi connectivity index (χ0) is 39.9. The molecule has 0 radical (unpaired) electrons. The lowest BCUT2D eigenvalue weighted by molar-refractivity contribution is 0.732. The average Bonchev–Trinajstić information content (AvgIpc) is 3.56. The molecule has 0 bridgehead atoms. The Morgan fingerprint density at radius 2 is 1.19 bits per heavy atom. The maximum Gasteiger partial charge on any atom is 0.133 e. The minimum absolute atomic E-state index is 0.172. The van der Waals surface area contributed by atoms with Gasteiger partial charge in [-0.2, -0.15) is 0 Å². The van der Waals surface area contributed by atoms with Crippen LogP contribution in [0.25, 0.3) is 22.3 Å². The van der Waals surface area contributed by atoms with E-state index in [1.807, 2.05) is 19.2 Å². The van der Waals surface area contributed by atoms with Gasteiger partial charge in [-0.1, -0.05) is 103 Å². The molecule has 4 heteroatoms. The molecule has 3 aliphatic rings. The van der Waals surface area contributed by atoms with E-state index in [0.717, 1.165) is 61.7 Å². The minimum atomic E-state index is -0.613. The lowest BCUT2D eigenvalue weighted by Crippen LogP contribution is -2.32. The van der Waals surface area contributed by atoms with E-state index in [1.54, 1.807) is 6.20 Å². The Morgan fingerprint density at radius 3 is 1.77 bits per heavy atom. The van der Waals surface area contributed by atoms with Crippen LogP contribution in [0.1, 0.15) is 64.2 Å². The van der Waals surface area contributed by atoms with Crippen LogP contribution in [0, 0.1) is 13.8 Å². The van der Waals surface area contributed by atoms with E-state index >= 15 is 0 Å². The number of nitrogens with zero attached hydrogens (tertiary/aromatic N) is 4. The van der Waals surface area contributed by atoms with Crippen molar-refractivity contribution in [3.05, 3.63) is 190 Å². The van der Waals surface area contributed by atoms with Gasteiger partial charge in [-0.05, 0) is 131 Å². The monoisotopic (exact) mass is 691 g/mol. The summed E-state index contributed by atoms with van der Waals surface area (Å²) in [5.41, 5.74) is 14.4. The zero-order valence-corrected chi connectivity index (χ0v) is 30.0. The average molecular weight is 692 g/mol. The molecular weight excluding hydrogens is 645 g/mol. The highest BCUT2D eigenvalue weighted by molar-refractivity contribution is 5.87. The van der Waals surface area contributed by atoms with Crippen molar-refractivity contribution < 1.29 is 6.85 Å². The van der Waals surface area contributed by atoms with Crippen LogP contribution in [0.2, 0.25) is 0 Å². The van der Waals surface area contributed by atoms with Crippen LogP contribution in [0.4, 0.5) is 23.0 Å². The smallest absolute Gasteiger partial charge is 0.133 e. The topological polar surface area (TPSA) is 32.3 Å². The predicted molar refractivity (Wildman–Crippen MR) is 218 cm³/mol. The Hall–Kier alpha value is -6.00. The van der Waals surface area contributed by atoms with Gasteiger partial charge in [-0.25, -0.2) is 9.97 Å². The standard InChI is InChI=1S/C49H42N4/c1-33-24-25-50-47(28-33)52-26-10-14-36-20-22-38(30-45(36)52)49(43-18-8-6-16-40(43)41-17-7-9-19-44(41)49)39-23-21-37-15-11-27-53(46(37)31-39)48-29-34(2)42(32-51-48)35-12-4-3-5-13-35/h3-9,12-13,16-25,28-32H,10-11,14-15,26-27H2,1-2H3/i3D,4D,5D,12D,13D. The first-order valence-corrected chi connectivity index (χ1v) is 18.6. The first-order chi connectivity index (χ1) is 28.2. The summed E-state index contributed by atoms with van der Waals surface area (Å²) in [6.45, 7) is 5.73. The van der Waals surface area contributed by atoms with Crippen molar-refractivity contribution in [1.82, 2.24) is 9.97 Å². The third-order valence-electron chi connectivity index (χ3n) is 11.5.